The highest BCUT2D eigenvalue weighted by molar-refractivity contribution is 7.18. The third-order valence-corrected chi connectivity index (χ3v) is 6.10. The number of methoxy groups -OCH3 is 1. The maximum atomic E-state index is 12.8. The number of thiophene rings is 1. The Morgan fingerprint density at radius 2 is 2.07 bits per heavy atom. The number of H-pyrrole nitrogens is 1. The number of hydrogen-bond donors (Lipinski definition) is 1. The van der Waals surface area contributed by atoms with Crippen LogP contribution in [0.25, 0.3) is 21.6 Å². The summed E-state index contributed by atoms with van der Waals surface area (Å²) < 4.78 is 15.7. The molecule has 29 heavy (non-hydrogen) atoms. The van der Waals surface area contributed by atoms with Crippen LogP contribution >= 0.6 is 11.3 Å². The number of aryl methyl sites for hydroxylation is 2. The Morgan fingerprint density at radius 3 is 2.86 bits per heavy atom. The van der Waals surface area contributed by atoms with Crippen LogP contribution in [0.3, 0.4) is 0 Å². The number of benzene rings is 1. The number of esters is 1. The highest BCUT2D eigenvalue weighted by Gasteiger charge is 2.20. The summed E-state index contributed by atoms with van der Waals surface area (Å²) in [5.41, 5.74) is 1.76. The zero-order valence-corrected chi connectivity index (χ0v) is 17.2. The first kappa shape index (κ1) is 19.4. The lowest BCUT2D eigenvalue weighted by Gasteiger charge is -2.12. The van der Waals surface area contributed by atoms with Crippen molar-refractivity contribution in [2.75, 3.05) is 20.3 Å². The minimum atomic E-state index is -0.447. The quantitative estimate of drug-likeness (QED) is 0.621. The molecule has 0 aliphatic heterocycles. The molecule has 1 aliphatic carbocycles. The number of hydrogen-bond acceptors (Lipinski definition) is 7. The molecule has 0 radical (unpaired) electrons. The summed E-state index contributed by atoms with van der Waals surface area (Å²) in [6.07, 6.45) is 4.24. The van der Waals surface area contributed by atoms with Crippen molar-refractivity contribution >= 4 is 27.5 Å². The first-order chi connectivity index (χ1) is 14.1. The van der Waals surface area contributed by atoms with Gasteiger partial charge in [-0.3, -0.25) is 4.79 Å². The predicted molar refractivity (Wildman–Crippen MR) is 111 cm³/mol. The zero-order chi connectivity index (χ0) is 20.4. The van der Waals surface area contributed by atoms with Crippen LogP contribution in [-0.4, -0.2) is 36.3 Å². The van der Waals surface area contributed by atoms with E-state index in [-0.39, 0.29) is 12.2 Å². The molecule has 0 saturated heterocycles. The number of rotatable bonds is 6. The van der Waals surface area contributed by atoms with Crippen LogP contribution in [-0.2, 0) is 22.4 Å². The molecule has 0 amide bonds. The molecule has 0 unspecified atom stereocenters. The van der Waals surface area contributed by atoms with Gasteiger partial charge < -0.3 is 19.2 Å². The van der Waals surface area contributed by atoms with Crippen LogP contribution in [0.1, 0.15) is 30.2 Å². The van der Waals surface area contributed by atoms with Gasteiger partial charge in [-0.15, -0.1) is 11.3 Å². The SMILES string of the molecule is CCOC(=O)COc1ccc(-c2nc3sc4c(c3c(=O)[nH]2)CCCC4)cc1OC. The molecule has 0 bridgehead atoms. The highest BCUT2D eigenvalue weighted by Crippen LogP contribution is 2.35. The maximum absolute atomic E-state index is 12.8. The Hall–Kier alpha value is -2.87. The monoisotopic (exact) mass is 414 g/mol. The van der Waals surface area contributed by atoms with Gasteiger partial charge in [-0.05, 0) is 56.4 Å². The third-order valence-electron chi connectivity index (χ3n) is 4.91. The van der Waals surface area contributed by atoms with Crippen LogP contribution in [0.5, 0.6) is 11.5 Å². The summed E-state index contributed by atoms with van der Waals surface area (Å²) >= 11 is 1.61. The number of ether oxygens (including phenoxy) is 3. The van der Waals surface area contributed by atoms with Crippen molar-refractivity contribution < 1.29 is 19.0 Å². The summed E-state index contributed by atoms with van der Waals surface area (Å²) in [4.78, 5) is 34.0. The van der Waals surface area contributed by atoms with Crippen molar-refractivity contribution in [3.05, 3.63) is 39.0 Å². The van der Waals surface area contributed by atoms with E-state index in [1.807, 2.05) is 0 Å². The van der Waals surface area contributed by atoms with Crippen LogP contribution in [0.4, 0.5) is 0 Å². The topological polar surface area (TPSA) is 90.5 Å². The molecule has 2 heterocycles. The number of aromatic amines is 1. The fraction of sp³-hybridized carbons (Fsp3) is 0.381. The highest BCUT2D eigenvalue weighted by atomic mass is 32.1. The summed E-state index contributed by atoms with van der Waals surface area (Å²) in [5, 5.41) is 0.731. The molecule has 1 aromatic carbocycles. The normalized spacial score (nSPS) is 13.2. The third kappa shape index (κ3) is 3.85. The van der Waals surface area contributed by atoms with E-state index in [0.29, 0.717) is 29.5 Å². The molecular formula is C21H22N2O5S. The predicted octanol–water partition coefficient (Wildman–Crippen LogP) is 3.48. The zero-order valence-electron chi connectivity index (χ0n) is 16.4. The summed E-state index contributed by atoms with van der Waals surface area (Å²) in [7, 11) is 1.52. The van der Waals surface area contributed by atoms with E-state index in [9.17, 15) is 9.59 Å². The van der Waals surface area contributed by atoms with Gasteiger partial charge in [0.15, 0.2) is 18.1 Å². The Morgan fingerprint density at radius 1 is 1.24 bits per heavy atom. The average Bonchev–Trinajstić information content (AvgIpc) is 3.11. The maximum Gasteiger partial charge on any atom is 0.344 e. The lowest BCUT2D eigenvalue weighted by Crippen LogP contribution is -2.15. The molecular weight excluding hydrogens is 392 g/mol. The van der Waals surface area contributed by atoms with E-state index >= 15 is 0 Å². The van der Waals surface area contributed by atoms with E-state index in [1.165, 1.54) is 12.0 Å². The van der Waals surface area contributed by atoms with Crippen molar-refractivity contribution in [1.29, 1.82) is 0 Å². The van der Waals surface area contributed by atoms with Crippen LogP contribution in [0, 0.1) is 0 Å². The van der Waals surface area contributed by atoms with E-state index in [0.717, 1.165) is 41.5 Å². The minimum Gasteiger partial charge on any atom is -0.493 e. The van der Waals surface area contributed by atoms with Crippen molar-refractivity contribution in [2.45, 2.75) is 32.6 Å². The first-order valence-corrected chi connectivity index (χ1v) is 10.4. The summed E-state index contributed by atoms with van der Waals surface area (Å²) in [6, 6.07) is 5.20. The molecule has 0 fully saturated rings. The smallest absolute Gasteiger partial charge is 0.344 e. The largest absolute Gasteiger partial charge is 0.493 e. The van der Waals surface area contributed by atoms with E-state index in [4.69, 9.17) is 19.2 Å². The molecule has 0 atom stereocenters. The van der Waals surface area contributed by atoms with Gasteiger partial charge in [0.1, 0.15) is 10.7 Å². The second kappa shape index (κ2) is 8.24. The first-order valence-electron chi connectivity index (χ1n) is 9.62. The number of nitrogens with zero attached hydrogens (tertiary/aromatic N) is 1. The Balaban J connectivity index is 1.66. The Labute approximate surface area is 171 Å². The molecule has 4 rings (SSSR count). The number of nitrogens with one attached hydrogen (secondary N) is 1. The number of aromatic nitrogens is 2. The number of carbonyl (C=O) groups excluding carboxylic acids is 1. The Bertz CT molecular complexity index is 1120. The Kier molecular flexibility index (Phi) is 5.53. The second-order valence-corrected chi connectivity index (χ2v) is 7.85. The van der Waals surface area contributed by atoms with E-state index in [1.54, 1.807) is 36.5 Å². The van der Waals surface area contributed by atoms with Gasteiger partial charge >= 0.3 is 5.97 Å². The molecule has 1 N–H and O–H groups in total. The van der Waals surface area contributed by atoms with Crippen LogP contribution < -0.4 is 15.0 Å². The number of fused-ring (bicyclic) bond motifs is 3. The van der Waals surface area contributed by atoms with Crippen molar-refractivity contribution in [1.82, 2.24) is 9.97 Å². The van der Waals surface area contributed by atoms with Crippen LogP contribution in [0.15, 0.2) is 23.0 Å². The van der Waals surface area contributed by atoms with Gasteiger partial charge in [0.05, 0.1) is 19.1 Å². The summed E-state index contributed by atoms with van der Waals surface area (Å²) in [6.45, 7) is 1.83. The van der Waals surface area contributed by atoms with Gasteiger partial charge in [-0.2, -0.15) is 0 Å². The van der Waals surface area contributed by atoms with Gasteiger partial charge in [0.25, 0.3) is 5.56 Å². The molecule has 8 heteroatoms. The summed E-state index contributed by atoms with van der Waals surface area (Å²) in [5.74, 6) is 0.896. The fourth-order valence-electron chi connectivity index (χ4n) is 3.57. The lowest BCUT2D eigenvalue weighted by atomic mass is 9.97. The standard InChI is InChI=1S/C21H22N2O5S/c1-3-27-17(24)11-28-14-9-8-12(10-15(14)26-2)19-22-20(25)18-13-6-4-5-7-16(13)29-21(18)23-19/h8-10H,3-7,11H2,1-2H3,(H,22,23,25). The van der Waals surface area contributed by atoms with Crippen molar-refractivity contribution in [3.63, 3.8) is 0 Å². The minimum absolute atomic E-state index is 0.106. The van der Waals surface area contributed by atoms with Gasteiger partial charge in [0.2, 0.25) is 0 Å². The van der Waals surface area contributed by atoms with E-state index in [2.05, 4.69) is 4.98 Å². The van der Waals surface area contributed by atoms with Gasteiger partial charge in [0, 0.05) is 10.4 Å². The van der Waals surface area contributed by atoms with E-state index < -0.39 is 5.97 Å². The van der Waals surface area contributed by atoms with Crippen molar-refractivity contribution in [3.8, 4) is 22.9 Å². The fourth-order valence-corrected chi connectivity index (χ4v) is 4.84. The van der Waals surface area contributed by atoms with Crippen LogP contribution in [0.2, 0.25) is 0 Å². The molecule has 7 nitrogen and oxygen atoms in total. The molecule has 1 aliphatic rings. The average molecular weight is 414 g/mol. The molecule has 0 saturated carbocycles. The van der Waals surface area contributed by atoms with Gasteiger partial charge in [-0.1, -0.05) is 0 Å². The second-order valence-electron chi connectivity index (χ2n) is 6.76. The molecule has 0 spiro atoms. The molecule has 2 aromatic heterocycles. The number of carbonyl (C=O) groups is 1. The molecule has 152 valence electrons. The lowest BCUT2D eigenvalue weighted by molar-refractivity contribution is -0.145. The molecule has 3 aromatic rings. The van der Waals surface area contributed by atoms with Crippen molar-refractivity contribution in [2.24, 2.45) is 0 Å². The van der Waals surface area contributed by atoms with Gasteiger partial charge in [-0.25, -0.2) is 9.78 Å².